The number of pyridine rings is 2. The number of aromatic nitrogens is 2. The highest BCUT2D eigenvalue weighted by Gasteiger charge is 2.50. The van der Waals surface area contributed by atoms with E-state index in [0.29, 0.717) is 4.47 Å². The van der Waals surface area contributed by atoms with E-state index >= 15 is 0 Å². The number of nitrogens with two attached hydrogens (primary N) is 1. The van der Waals surface area contributed by atoms with Gasteiger partial charge in [0.2, 0.25) is 5.95 Å². The van der Waals surface area contributed by atoms with Gasteiger partial charge in [-0.25, -0.2) is 15.0 Å². The molecule has 0 radical (unpaired) electrons. The molecule has 0 bridgehead atoms. The second-order valence-corrected chi connectivity index (χ2v) is 7.37. The minimum absolute atomic E-state index is 0.0566. The van der Waals surface area contributed by atoms with Crippen LogP contribution in [0.1, 0.15) is 29.4 Å². The zero-order valence-corrected chi connectivity index (χ0v) is 16.4. The summed E-state index contributed by atoms with van der Waals surface area (Å²) in [4.78, 5) is 23.6. The Hall–Kier alpha value is -2.76. The number of carbonyl (C=O) groups excluding carboxylic acids is 1. The molecule has 154 valence electrons. The van der Waals surface area contributed by atoms with E-state index in [-0.39, 0.29) is 16.9 Å². The average molecular weight is 476 g/mol. The van der Waals surface area contributed by atoms with Crippen LogP contribution in [0.4, 0.5) is 23.2 Å². The smallest absolute Gasteiger partial charge is 0.425 e. The molecule has 1 amide bonds. The largest absolute Gasteiger partial charge is 0.452 e. The number of hydrogen-bond acceptors (Lipinski definition) is 6. The Balaban J connectivity index is 1.91. The van der Waals surface area contributed by atoms with Crippen LogP contribution in [0, 0.1) is 5.95 Å². The summed E-state index contributed by atoms with van der Waals surface area (Å²) in [6, 6.07) is 3.51. The van der Waals surface area contributed by atoms with Crippen molar-refractivity contribution < 1.29 is 27.1 Å². The lowest BCUT2D eigenvalue weighted by atomic mass is 9.86. The molecule has 3 N–H and O–H groups in total. The van der Waals surface area contributed by atoms with E-state index < -0.39 is 42.1 Å². The molecule has 2 aromatic rings. The van der Waals surface area contributed by atoms with Crippen LogP contribution < -0.4 is 11.1 Å². The number of ether oxygens (including phenoxy) is 1. The highest BCUT2D eigenvalue weighted by atomic mass is 79.9. The first-order valence-corrected chi connectivity index (χ1v) is 8.95. The van der Waals surface area contributed by atoms with E-state index in [1.807, 2.05) is 0 Å². The quantitative estimate of drug-likeness (QED) is 0.522. The Labute approximate surface area is 170 Å². The summed E-state index contributed by atoms with van der Waals surface area (Å²) in [5, 5.41) is 2.48. The molecule has 29 heavy (non-hydrogen) atoms. The first kappa shape index (κ1) is 21.0. The second-order valence-electron chi connectivity index (χ2n) is 6.45. The Bertz CT molecular complexity index is 967. The van der Waals surface area contributed by atoms with Gasteiger partial charge in [0, 0.05) is 22.7 Å². The summed E-state index contributed by atoms with van der Waals surface area (Å²) in [7, 11) is 0. The first-order chi connectivity index (χ1) is 13.5. The van der Waals surface area contributed by atoms with E-state index in [2.05, 4.69) is 40.9 Å². The molecule has 0 fully saturated rings. The molecule has 1 aliphatic rings. The zero-order valence-electron chi connectivity index (χ0n) is 14.8. The van der Waals surface area contributed by atoms with Crippen LogP contribution in [0.15, 0.2) is 40.1 Å². The third-order valence-corrected chi connectivity index (χ3v) is 4.67. The fourth-order valence-corrected chi connectivity index (χ4v) is 3.05. The lowest BCUT2D eigenvalue weighted by molar-refractivity contribution is -0.208. The standard InChI is InChI=1S/C17H14BrF4N5O2/c1-16(5-12(17(20,21)22)29-15(23)27-16)10-4-9(7-25-13(10)19)26-14(28)11-3-2-8(18)6-24-11/h2-4,6-7,12H,5H2,1H3,(H2,23,27)(H,26,28)/t12?,16-/m0/s1. The maximum Gasteiger partial charge on any atom is 0.425 e. The average Bonchev–Trinajstić information content (AvgIpc) is 2.62. The van der Waals surface area contributed by atoms with Crippen molar-refractivity contribution in [1.29, 1.82) is 0 Å². The fourth-order valence-electron chi connectivity index (χ4n) is 2.82. The molecule has 0 spiro atoms. The van der Waals surface area contributed by atoms with Gasteiger partial charge in [-0.05, 0) is 41.1 Å². The number of nitrogens with one attached hydrogen (secondary N) is 1. The molecule has 3 heterocycles. The van der Waals surface area contributed by atoms with Gasteiger partial charge in [0.05, 0.1) is 17.4 Å². The van der Waals surface area contributed by atoms with Gasteiger partial charge >= 0.3 is 6.18 Å². The Morgan fingerprint density at radius 3 is 2.69 bits per heavy atom. The molecule has 0 aliphatic carbocycles. The van der Waals surface area contributed by atoms with Crippen molar-refractivity contribution in [2.75, 3.05) is 5.32 Å². The lowest BCUT2D eigenvalue weighted by Gasteiger charge is -2.35. The van der Waals surface area contributed by atoms with Gasteiger partial charge in [0.1, 0.15) is 5.69 Å². The number of rotatable bonds is 3. The SMILES string of the molecule is C[C@@]1(c2cc(NC(=O)c3ccc(Br)cn3)cnc2F)CC(C(F)(F)F)OC(N)=N1. The van der Waals surface area contributed by atoms with Gasteiger partial charge in [-0.3, -0.25) is 4.79 Å². The Kier molecular flexibility index (Phi) is 5.48. The van der Waals surface area contributed by atoms with Crippen molar-refractivity contribution in [3.05, 3.63) is 52.3 Å². The third-order valence-electron chi connectivity index (χ3n) is 4.21. The van der Waals surface area contributed by atoms with E-state index in [1.165, 1.54) is 19.2 Å². The highest BCUT2D eigenvalue weighted by Crippen LogP contribution is 2.40. The number of carbonyl (C=O) groups is 1. The number of hydrogen-bond donors (Lipinski definition) is 2. The van der Waals surface area contributed by atoms with Gasteiger partial charge in [-0.2, -0.15) is 17.6 Å². The van der Waals surface area contributed by atoms with Crippen molar-refractivity contribution in [3.8, 4) is 0 Å². The van der Waals surface area contributed by atoms with Gasteiger partial charge < -0.3 is 15.8 Å². The maximum absolute atomic E-state index is 14.4. The molecule has 0 saturated heterocycles. The van der Waals surface area contributed by atoms with Crippen LogP contribution in [-0.4, -0.2) is 34.2 Å². The molecular formula is C17H14BrF4N5O2. The molecule has 3 rings (SSSR count). The number of amides is 1. The third kappa shape index (κ3) is 4.63. The molecular weight excluding hydrogens is 462 g/mol. The van der Waals surface area contributed by atoms with Gasteiger partial charge in [-0.1, -0.05) is 0 Å². The van der Waals surface area contributed by atoms with E-state index in [0.717, 1.165) is 12.3 Å². The maximum atomic E-state index is 14.4. The van der Waals surface area contributed by atoms with Crippen molar-refractivity contribution >= 4 is 33.5 Å². The molecule has 0 saturated carbocycles. The van der Waals surface area contributed by atoms with Crippen LogP contribution in [0.25, 0.3) is 0 Å². The Morgan fingerprint density at radius 1 is 1.34 bits per heavy atom. The molecule has 1 unspecified atom stereocenters. The highest BCUT2D eigenvalue weighted by molar-refractivity contribution is 9.10. The summed E-state index contributed by atoms with van der Waals surface area (Å²) < 4.78 is 59.0. The van der Waals surface area contributed by atoms with Crippen molar-refractivity contribution in [2.24, 2.45) is 10.7 Å². The lowest BCUT2D eigenvalue weighted by Crippen LogP contribution is -2.46. The number of halogens is 5. The summed E-state index contributed by atoms with van der Waals surface area (Å²) >= 11 is 3.19. The molecule has 2 aromatic heterocycles. The monoisotopic (exact) mass is 475 g/mol. The van der Waals surface area contributed by atoms with Gasteiger partial charge in [0.15, 0.2) is 6.10 Å². The normalized spacial score (nSPS) is 21.9. The van der Waals surface area contributed by atoms with Crippen molar-refractivity contribution in [1.82, 2.24) is 9.97 Å². The molecule has 1 aliphatic heterocycles. The van der Waals surface area contributed by atoms with Crippen LogP contribution in [0.3, 0.4) is 0 Å². The first-order valence-electron chi connectivity index (χ1n) is 8.15. The minimum atomic E-state index is -4.72. The second kappa shape index (κ2) is 7.58. The van der Waals surface area contributed by atoms with Crippen molar-refractivity contribution in [2.45, 2.75) is 31.2 Å². The summed E-state index contributed by atoms with van der Waals surface area (Å²) in [5.74, 6) is -1.64. The number of anilines is 1. The van der Waals surface area contributed by atoms with Gasteiger partial charge in [-0.15, -0.1) is 0 Å². The molecule has 12 heteroatoms. The minimum Gasteiger partial charge on any atom is -0.452 e. The van der Waals surface area contributed by atoms with Gasteiger partial charge in [0.25, 0.3) is 11.9 Å². The Morgan fingerprint density at radius 2 is 2.07 bits per heavy atom. The predicted octanol–water partition coefficient (Wildman–Crippen LogP) is 3.51. The predicted molar refractivity (Wildman–Crippen MR) is 98.6 cm³/mol. The van der Waals surface area contributed by atoms with Crippen LogP contribution in [-0.2, 0) is 10.3 Å². The van der Waals surface area contributed by atoms with E-state index in [1.54, 1.807) is 6.07 Å². The topological polar surface area (TPSA) is 102 Å². The summed E-state index contributed by atoms with van der Waals surface area (Å²) in [6.45, 7) is 1.28. The van der Waals surface area contributed by atoms with E-state index in [4.69, 9.17) is 5.73 Å². The number of aliphatic imine (C=N–C) groups is 1. The summed E-state index contributed by atoms with van der Waals surface area (Å²) in [6.07, 6.45) is -5.23. The summed E-state index contributed by atoms with van der Waals surface area (Å²) in [5.41, 5.74) is 3.57. The fraction of sp³-hybridized carbons (Fsp3) is 0.294. The zero-order chi connectivity index (χ0) is 21.4. The number of alkyl halides is 3. The van der Waals surface area contributed by atoms with Crippen LogP contribution >= 0.6 is 15.9 Å². The number of amidine groups is 1. The van der Waals surface area contributed by atoms with E-state index in [9.17, 15) is 22.4 Å². The van der Waals surface area contributed by atoms with Crippen LogP contribution in [0.2, 0.25) is 0 Å². The van der Waals surface area contributed by atoms with Crippen LogP contribution in [0.5, 0.6) is 0 Å². The molecule has 7 nitrogen and oxygen atoms in total. The molecule has 0 aromatic carbocycles. The molecule has 2 atom stereocenters. The van der Waals surface area contributed by atoms with Crippen molar-refractivity contribution in [3.63, 3.8) is 0 Å². The number of nitrogens with zero attached hydrogens (tertiary/aromatic N) is 3.